The van der Waals surface area contributed by atoms with Crippen molar-refractivity contribution in [1.82, 2.24) is 0 Å². The Morgan fingerprint density at radius 1 is 1.06 bits per heavy atom. The minimum Gasteiger partial charge on any atom is -0.494 e. The number of rotatable bonds is 6. The van der Waals surface area contributed by atoms with Crippen LogP contribution in [0.1, 0.15) is 33.6 Å². The molecular formula is C13H19IO2. The lowest BCUT2D eigenvalue weighted by atomic mass is 10.2. The van der Waals surface area contributed by atoms with Gasteiger partial charge in [0.15, 0.2) is 0 Å². The predicted molar refractivity (Wildman–Crippen MR) is 75.3 cm³/mol. The first-order valence-corrected chi connectivity index (χ1v) is 6.87. The topological polar surface area (TPSA) is 18.5 Å². The number of benzene rings is 1. The fraction of sp³-hybridized carbons (Fsp3) is 0.538. The summed E-state index contributed by atoms with van der Waals surface area (Å²) in [5.74, 6) is 1.79. The van der Waals surface area contributed by atoms with E-state index in [0.29, 0.717) is 12.7 Å². The van der Waals surface area contributed by atoms with Gasteiger partial charge in [0.1, 0.15) is 11.5 Å². The standard InChI is InChI=1S/C13H19IO2/c1-4-11(5-2)16-13-8-10(14)7-12(9-13)15-6-3/h7-9,11H,4-6H2,1-3H3. The maximum absolute atomic E-state index is 5.90. The van der Waals surface area contributed by atoms with Gasteiger partial charge < -0.3 is 9.47 Å². The van der Waals surface area contributed by atoms with Crippen molar-refractivity contribution < 1.29 is 9.47 Å². The molecule has 1 rings (SSSR count). The van der Waals surface area contributed by atoms with Gasteiger partial charge in [-0.2, -0.15) is 0 Å². The van der Waals surface area contributed by atoms with Gasteiger partial charge in [-0.25, -0.2) is 0 Å². The van der Waals surface area contributed by atoms with Crippen molar-refractivity contribution in [1.29, 1.82) is 0 Å². The summed E-state index contributed by atoms with van der Waals surface area (Å²) in [5.41, 5.74) is 0. The molecule has 2 nitrogen and oxygen atoms in total. The fourth-order valence-corrected chi connectivity index (χ4v) is 2.12. The lowest BCUT2D eigenvalue weighted by molar-refractivity contribution is 0.191. The van der Waals surface area contributed by atoms with Crippen molar-refractivity contribution in [2.24, 2.45) is 0 Å². The van der Waals surface area contributed by atoms with E-state index in [4.69, 9.17) is 9.47 Å². The zero-order valence-electron chi connectivity index (χ0n) is 10.1. The van der Waals surface area contributed by atoms with Crippen molar-refractivity contribution in [2.75, 3.05) is 6.61 Å². The van der Waals surface area contributed by atoms with Crippen LogP contribution in [0.2, 0.25) is 0 Å². The summed E-state index contributed by atoms with van der Waals surface area (Å²) in [5, 5.41) is 0. The molecule has 0 atom stereocenters. The van der Waals surface area contributed by atoms with Gasteiger partial charge in [0.2, 0.25) is 0 Å². The molecule has 90 valence electrons. The molecule has 0 radical (unpaired) electrons. The fourth-order valence-electron chi connectivity index (χ4n) is 1.50. The van der Waals surface area contributed by atoms with Crippen LogP contribution in [-0.4, -0.2) is 12.7 Å². The highest BCUT2D eigenvalue weighted by atomic mass is 127. The molecule has 0 bridgehead atoms. The van der Waals surface area contributed by atoms with Crippen LogP contribution in [0, 0.1) is 3.57 Å². The first-order chi connectivity index (χ1) is 7.69. The van der Waals surface area contributed by atoms with Crippen LogP contribution in [0.4, 0.5) is 0 Å². The molecule has 0 unspecified atom stereocenters. The largest absolute Gasteiger partial charge is 0.494 e. The van der Waals surface area contributed by atoms with Crippen LogP contribution in [0.15, 0.2) is 18.2 Å². The van der Waals surface area contributed by atoms with Crippen LogP contribution >= 0.6 is 22.6 Å². The van der Waals surface area contributed by atoms with Crippen molar-refractivity contribution in [3.05, 3.63) is 21.8 Å². The quantitative estimate of drug-likeness (QED) is 0.724. The Bertz CT molecular complexity index is 322. The van der Waals surface area contributed by atoms with Crippen molar-refractivity contribution >= 4 is 22.6 Å². The minimum absolute atomic E-state index is 0.299. The average molecular weight is 334 g/mol. The molecule has 1 aromatic rings. The molecule has 0 spiro atoms. The Morgan fingerprint density at radius 2 is 1.69 bits per heavy atom. The van der Waals surface area contributed by atoms with E-state index in [1.54, 1.807) is 0 Å². The van der Waals surface area contributed by atoms with Crippen molar-refractivity contribution in [2.45, 2.75) is 39.7 Å². The van der Waals surface area contributed by atoms with Gasteiger partial charge in [0, 0.05) is 9.64 Å². The number of hydrogen-bond donors (Lipinski definition) is 0. The van der Waals surface area contributed by atoms with Gasteiger partial charge in [-0.15, -0.1) is 0 Å². The highest BCUT2D eigenvalue weighted by molar-refractivity contribution is 14.1. The summed E-state index contributed by atoms with van der Waals surface area (Å²) in [7, 11) is 0. The van der Waals surface area contributed by atoms with Crippen molar-refractivity contribution in [3.8, 4) is 11.5 Å². The van der Waals surface area contributed by atoms with Crippen LogP contribution in [0.3, 0.4) is 0 Å². The molecule has 0 saturated heterocycles. The van der Waals surface area contributed by atoms with Gasteiger partial charge >= 0.3 is 0 Å². The first kappa shape index (κ1) is 13.6. The number of hydrogen-bond acceptors (Lipinski definition) is 2. The molecule has 3 heteroatoms. The van der Waals surface area contributed by atoms with E-state index in [0.717, 1.165) is 27.9 Å². The van der Waals surface area contributed by atoms with E-state index in [-0.39, 0.29) is 0 Å². The number of halogens is 1. The highest BCUT2D eigenvalue weighted by Gasteiger charge is 2.07. The monoisotopic (exact) mass is 334 g/mol. The van der Waals surface area contributed by atoms with Gasteiger partial charge in [-0.05, 0) is 54.5 Å². The molecule has 0 fully saturated rings. The Balaban J connectivity index is 2.78. The van der Waals surface area contributed by atoms with Gasteiger partial charge in [-0.1, -0.05) is 13.8 Å². The van der Waals surface area contributed by atoms with Gasteiger partial charge in [0.25, 0.3) is 0 Å². The lowest BCUT2D eigenvalue weighted by Crippen LogP contribution is -2.13. The van der Waals surface area contributed by atoms with E-state index >= 15 is 0 Å². The number of ether oxygens (including phenoxy) is 2. The third-order valence-electron chi connectivity index (χ3n) is 2.37. The lowest BCUT2D eigenvalue weighted by Gasteiger charge is -2.16. The van der Waals surface area contributed by atoms with Crippen LogP contribution < -0.4 is 9.47 Å². The molecule has 0 aliphatic carbocycles. The maximum Gasteiger partial charge on any atom is 0.124 e. The highest BCUT2D eigenvalue weighted by Crippen LogP contribution is 2.25. The Labute approximate surface area is 111 Å². The maximum atomic E-state index is 5.90. The van der Waals surface area contributed by atoms with E-state index in [9.17, 15) is 0 Å². The van der Waals surface area contributed by atoms with E-state index in [2.05, 4.69) is 36.4 Å². The first-order valence-electron chi connectivity index (χ1n) is 5.79. The normalized spacial score (nSPS) is 10.6. The zero-order chi connectivity index (χ0) is 12.0. The smallest absolute Gasteiger partial charge is 0.124 e. The molecule has 16 heavy (non-hydrogen) atoms. The molecule has 0 N–H and O–H groups in total. The summed E-state index contributed by atoms with van der Waals surface area (Å²) in [6.07, 6.45) is 2.37. The SMILES string of the molecule is CCOc1cc(I)cc(OC(CC)CC)c1. The van der Waals surface area contributed by atoms with Gasteiger partial charge in [-0.3, -0.25) is 0 Å². The molecule has 0 saturated carbocycles. The summed E-state index contributed by atoms with van der Waals surface area (Å²) in [6.45, 7) is 6.96. The summed E-state index contributed by atoms with van der Waals surface area (Å²) >= 11 is 2.28. The minimum atomic E-state index is 0.299. The second-order valence-electron chi connectivity index (χ2n) is 3.61. The van der Waals surface area contributed by atoms with Crippen LogP contribution in [-0.2, 0) is 0 Å². The summed E-state index contributed by atoms with van der Waals surface area (Å²) in [6, 6.07) is 6.02. The van der Waals surface area contributed by atoms with Crippen LogP contribution in [0.25, 0.3) is 0 Å². The third-order valence-corrected chi connectivity index (χ3v) is 2.99. The van der Waals surface area contributed by atoms with Gasteiger partial charge in [0.05, 0.1) is 12.7 Å². The molecule has 1 aromatic carbocycles. The molecule has 0 amide bonds. The second kappa shape index (κ2) is 6.99. The predicted octanol–water partition coefficient (Wildman–Crippen LogP) is 4.26. The molecule has 0 aliphatic heterocycles. The van der Waals surface area contributed by atoms with Crippen LogP contribution in [0.5, 0.6) is 11.5 Å². The van der Waals surface area contributed by atoms with E-state index in [1.165, 1.54) is 0 Å². The third kappa shape index (κ3) is 4.20. The van der Waals surface area contributed by atoms with E-state index in [1.807, 2.05) is 25.1 Å². The molecule has 0 aliphatic rings. The molecule has 0 heterocycles. The second-order valence-corrected chi connectivity index (χ2v) is 4.86. The molecule has 0 aromatic heterocycles. The molecular weight excluding hydrogens is 315 g/mol. The Morgan fingerprint density at radius 3 is 2.25 bits per heavy atom. The van der Waals surface area contributed by atoms with Crippen molar-refractivity contribution in [3.63, 3.8) is 0 Å². The summed E-state index contributed by atoms with van der Waals surface area (Å²) < 4.78 is 12.5. The van der Waals surface area contributed by atoms with E-state index < -0.39 is 0 Å². The Hall–Kier alpha value is -0.450. The Kier molecular flexibility index (Phi) is 5.95. The average Bonchev–Trinajstić information content (AvgIpc) is 2.25. The summed E-state index contributed by atoms with van der Waals surface area (Å²) in [4.78, 5) is 0. The zero-order valence-corrected chi connectivity index (χ0v) is 12.3.